The summed E-state index contributed by atoms with van der Waals surface area (Å²) in [6.07, 6.45) is 11.7. The lowest BCUT2D eigenvalue weighted by molar-refractivity contribution is 0.560. The molecule has 0 amide bonds. The van der Waals surface area contributed by atoms with Crippen LogP contribution in [0.15, 0.2) is 48.1 Å². The van der Waals surface area contributed by atoms with Gasteiger partial charge in [-0.3, -0.25) is 0 Å². The van der Waals surface area contributed by atoms with Gasteiger partial charge in [0.05, 0.1) is 0 Å². The van der Waals surface area contributed by atoms with Crippen molar-refractivity contribution in [2.24, 2.45) is 0 Å². The van der Waals surface area contributed by atoms with E-state index >= 15 is 0 Å². The molecular weight excluding hydrogens is 216 g/mol. The van der Waals surface area contributed by atoms with E-state index in [9.17, 15) is 0 Å². The molecule has 1 aliphatic carbocycles. The summed E-state index contributed by atoms with van der Waals surface area (Å²) in [7, 11) is 0. The summed E-state index contributed by atoms with van der Waals surface area (Å²) < 4.78 is 0. The van der Waals surface area contributed by atoms with Gasteiger partial charge in [0.1, 0.15) is 0 Å². The predicted octanol–water partition coefficient (Wildman–Crippen LogP) is 5.19. The molecule has 2 rings (SSSR count). The molecule has 18 heavy (non-hydrogen) atoms. The quantitative estimate of drug-likeness (QED) is 0.679. The fourth-order valence-electron chi connectivity index (χ4n) is 3.05. The van der Waals surface area contributed by atoms with Crippen molar-refractivity contribution < 1.29 is 0 Å². The van der Waals surface area contributed by atoms with E-state index in [1.807, 2.05) is 0 Å². The van der Waals surface area contributed by atoms with Crippen molar-refractivity contribution in [2.75, 3.05) is 0 Å². The van der Waals surface area contributed by atoms with E-state index in [0.717, 1.165) is 6.42 Å². The fraction of sp³-hybridized carbons (Fsp3) is 0.444. The van der Waals surface area contributed by atoms with Gasteiger partial charge in [-0.2, -0.15) is 0 Å². The lowest BCUT2D eigenvalue weighted by atomic mass is 9.72. The van der Waals surface area contributed by atoms with Crippen LogP contribution in [0.25, 0.3) is 0 Å². The van der Waals surface area contributed by atoms with E-state index in [1.54, 1.807) is 5.57 Å². The first kappa shape index (κ1) is 13.1. The second-order valence-electron chi connectivity index (χ2n) is 5.54. The summed E-state index contributed by atoms with van der Waals surface area (Å²) >= 11 is 0. The van der Waals surface area contributed by atoms with Crippen molar-refractivity contribution in [2.45, 2.75) is 51.9 Å². The summed E-state index contributed by atoms with van der Waals surface area (Å²) in [6.45, 7) is 6.88. The SMILES string of the molecule is CCCC1=CC=CC(C)(c2ccccc2CC)C1. The van der Waals surface area contributed by atoms with Crippen LogP contribution in [0.5, 0.6) is 0 Å². The Balaban J connectivity index is 2.32. The third-order valence-electron chi connectivity index (χ3n) is 3.97. The van der Waals surface area contributed by atoms with E-state index in [-0.39, 0.29) is 5.41 Å². The zero-order valence-electron chi connectivity index (χ0n) is 11.9. The summed E-state index contributed by atoms with van der Waals surface area (Å²) in [4.78, 5) is 0. The van der Waals surface area contributed by atoms with Crippen LogP contribution in [-0.4, -0.2) is 0 Å². The monoisotopic (exact) mass is 240 g/mol. The molecule has 0 aliphatic heterocycles. The second kappa shape index (κ2) is 5.56. The van der Waals surface area contributed by atoms with Crippen LogP contribution in [0.1, 0.15) is 51.2 Å². The summed E-state index contributed by atoms with van der Waals surface area (Å²) in [5.74, 6) is 0. The first-order chi connectivity index (χ1) is 8.69. The molecule has 1 aromatic carbocycles. The van der Waals surface area contributed by atoms with Crippen molar-refractivity contribution in [3.05, 3.63) is 59.2 Å². The average Bonchev–Trinajstić information content (AvgIpc) is 2.39. The van der Waals surface area contributed by atoms with Crippen LogP contribution in [-0.2, 0) is 11.8 Å². The van der Waals surface area contributed by atoms with E-state index in [1.165, 1.54) is 30.4 Å². The van der Waals surface area contributed by atoms with Crippen LogP contribution in [0.4, 0.5) is 0 Å². The van der Waals surface area contributed by atoms with Crippen LogP contribution in [0.3, 0.4) is 0 Å². The molecule has 1 unspecified atom stereocenters. The Labute approximate surface area is 111 Å². The molecule has 96 valence electrons. The topological polar surface area (TPSA) is 0 Å². The lowest BCUT2D eigenvalue weighted by Gasteiger charge is -2.32. The zero-order valence-corrected chi connectivity index (χ0v) is 11.9. The number of allylic oxidation sites excluding steroid dienone is 4. The number of aryl methyl sites for hydroxylation is 1. The third kappa shape index (κ3) is 2.58. The Morgan fingerprint density at radius 3 is 2.67 bits per heavy atom. The molecule has 0 radical (unpaired) electrons. The van der Waals surface area contributed by atoms with Gasteiger partial charge in [-0.25, -0.2) is 0 Å². The second-order valence-corrected chi connectivity index (χ2v) is 5.54. The van der Waals surface area contributed by atoms with Gasteiger partial charge in [-0.15, -0.1) is 0 Å². The van der Waals surface area contributed by atoms with Gasteiger partial charge in [0.2, 0.25) is 0 Å². The molecule has 1 aromatic rings. The number of rotatable bonds is 4. The number of hydrogen-bond donors (Lipinski definition) is 0. The van der Waals surface area contributed by atoms with Crippen LogP contribution in [0, 0.1) is 0 Å². The molecule has 1 aliphatic rings. The molecule has 0 N–H and O–H groups in total. The highest BCUT2D eigenvalue weighted by atomic mass is 14.3. The number of hydrogen-bond acceptors (Lipinski definition) is 0. The first-order valence-corrected chi connectivity index (χ1v) is 7.15. The van der Waals surface area contributed by atoms with E-state index in [2.05, 4.69) is 63.3 Å². The Morgan fingerprint density at radius 2 is 1.94 bits per heavy atom. The predicted molar refractivity (Wildman–Crippen MR) is 79.9 cm³/mol. The van der Waals surface area contributed by atoms with Crippen molar-refractivity contribution in [1.82, 2.24) is 0 Å². The van der Waals surface area contributed by atoms with Gasteiger partial charge in [0.25, 0.3) is 0 Å². The minimum absolute atomic E-state index is 0.186. The lowest BCUT2D eigenvalue weighted by Crippen LogP contribution is -2.23. The highest BCUT2D eigenvalue weighted by Gasteiger charge is 2.28. The van der Waals surface area contributed by atoms with Crippen molar-refractivity contribution >= 4 is 0 Å². The highest BCUT2D eigenvalue weighted by molar-refractivity contribution is 5.42. The fourth-order valence-corrected chi connectivity index (χ4v) is 3.05. The van der Waals surface area contributed by atoms with Crippen LogP contribution >= 0.6 is 0 Å². The molecule has 0 aromatic heterocycles. The molecule has 0 fully saturated rings. The number of benzene rings is 1. The minimum Gasteiger partial charge on any atom is -0.0739 e. The maximum absolute atomic E-state index is 2.38. The average molecular weight is 240 g/mol. The van der Waals surface area contributed by atoms with Gasteiger partial charge in [-0.05, 0) is 30.4 Å². The van der Waals surface area contributed by atoms with Crippen molar-refractivity contribution in [1.29, 1.82) is 0 Å². The van der Waals surface area contributed by atoms with Gasteiger partial charge >= 0.3 is 0 Å². The normalized spacial score (nSPS) is 22.9. The van der Waals surface area contributed by atoms with Crippen molar-refractivity contribution in [3.8, 4) is 0 Å². The largest absolute Gasteiger partial charge is 0.0739 e. The zero-order chi connectivity index (χ0) is 13.0. The highest BCUT2D eigenvalue weighted by Crippen LogP contribution is 2.38. The van der Waals surface area contributed by atoms with E-state index in [0.29, 0.717) is 0 Å². The minimum atomic E-state index is 0.186. The first-order valence-electron chi connectivity index (χ1n) is 7.15. The molecule has 0 saturated carbocycles. The maximum Gasteiger partial charge on any atom is 0.0147 e. The molecular formula is C18H24. The Kier molecular flexibility index (Phi) is 4.06. The van der Waals surface area contributed by atoms with Gasteiger partial charge in [0.15, 0.2) is 0 Å². The summed E-state index contributed by atoms with van der Waals surface area (Å²) in [6, 6.07) is 8.90. The molecule has 0 bridgehead atoms. The maximum atomic E-state index is 2.38. The standard InChI is InChI=1S/C18H24/c1-4-9-15-10-8-13-18(3,14-15)17-12-7-6-11-16(17)5-2/h6-8,10-13H,4-5,9,14H2,1-3H3. The van der Waals surface area contributed by atoms with Gasteiger partial charge in [-0.1, -0.05) is 75.3 Å². The molecule has 0 spiro atoms. The van der Waals surface area contributed by atoms with E-state index in [4.69, 9.17) is 0 Å². The Morgan fingerprint density at radius 1 is 1.17 bits per heavy atom. The smallest absolute Gasteiger partial charge is 0.0147 e. The molecule has 0 heterocycles. The molecule has 1 atom stereocenters. The third-order valence-corrected chi connectivity index (χ3v) is 3.97. The van der Waals surface area contributed by atoms with Gasteiger partial charge in [0, 0.05) is 5.41 Å². The van der Waals surface area contributed by atoms with Crippen LogP contribution in [0.2, 0.25) is 0 Å². The molecule has 0 nitrogen and oxygen atoms in total. The van der Waals surface area contributed by atoms with Crippen molar-refractivity contribution in [3.63, 3.8) is 0 Å². The molecule has 0 saturated heterocycles. The molecule has 0 heteroatoms. The summed E-state index contributed by atoms with van der Waals surface area (Å²) in [5.41, 5.74) is 4.77. The van der Waals surface area contributed by atoms with Gasteiger partial charge < -0.3 is 0 Å². The summed E-state index contributed by atoms with van der Waals surface area (Å²) in [5, 5.41) is 0. The Hall–Kier alpha value is -1.30. The Bertz CT molecular complexity index is 465. The van der Waals surface area contributed by atoms with Crippen LogP contribution < -0.4 is 0 Å². The van der Waals surface area contributed by atoms with E-state index < -0.39 is 0 Å².